The van der Waals surface area contributed by atoms with Crippen molar-refractivity contribution in [1.29, 1.82) is 0 Å². The number of nitrogens with one attached hydrogen (secondary N) is 1. The summed E-state index contributed by atoms with van der Waals surface area (Å²) < 4.78 is 42.9. The highest BCUT2D eigenvalue weighted by Crippen LogP contribution is 2.36. The normalized spacial score (nSPS) is 23.7. The Bertz CT molecular complexity index is 488. The van der Waals surface area contributed by atoms with Crippen LogP contribution in [0.5, 0.6) is 5.75 Å². The smallest absolute Gasteiger partial charge is 0.416 e. The van der Waals surface area contributed by atoms with Gasteiger partial charge in [0.05, 0.1) is 11.3 Å². The molecular formula is C11H11F3N2O2. The first kappa shape index (κ1) is 12.7. The van der Waals surface area contributed by atoms with Gasteiger partial charge in [-0.05, 0) is 25.1 Å². The van der Waals surface area contributed by atoms with E-state index in [1.165, 1.54) is 6.07 Å². The third-order valence-electron chi connectivity index (χ3n) is 2.69. The van der Waals surface area contributed by atoms with Crippen molar-refractivity contribution in [3.8, 4) is 5.75 Å². The number of hydrogen-bond donors (Lipinski definition) is 2. The molecule has 3 N–H and O–H groups in total. The number of carbonyl (C=O) groups is 1. The van der Waals surface area contributed by atoms with Gasteiger partial charge in [0.25, 0.3) is 0 Å². The summed E-state index contributed by atoms with van der Waals surface area (Å²) in [5, 5.41) is 2.33. The second-order valence-electron chi connectivity index (χ2n) is 4.05. The zero-order valence-electron chi connectivity index (χ0n) is 9.41. The van der Waals surface area contributed by atoms with Gasteiger partial charge in [0.15, 0.2) is 0 Å². The molecule has 0 spiro atoms. The molecule has 1 amide bonds. The molecule has 7 heteroatoms. The summed E-state index contributed by atoms with van der Waals surface area (Å²) in [5.74, 6) is -0.391. The summed E-state index contributed by atoms with van der Waals surface area (Å²) in [4.78, 5) is 11.6. The summed E-state index contributed by atoms with van der Waals surface area (Å²) in [5.41, 5.74) is 4.69. The minimum absolute atomic E-state index is 0.0189. The van der Waals surface area contributed by atoms with Gasteiger partial charge in [-0.2, -0.15) is 13.2 Å². The molecule has 1 heterocycles. The predicted octanol–water partition coefficient (Wildman–Crippen LogP) is 1.75. The largest absolute Gasteiger partial charge is 0.486 e. The second kappa shape index (κ2) is 4.16. The minimum Gasteiger partial charge on any atom is -0.486 e. The molecule has 0 saturated heterocycles. The van der Waals surface area contributed by atoms with E-state index in [-0.39, 0.29) is 11.4 Å². The molecule has 0 radical (unpaired) electrons. The molecule has 98 valence electrons. The zero-order chi connectivity index (χ0) is 13.5. The number of ether oxygens (including phenoxy) is 1. The first-order chi connectivity index (χ1) is 8.29. The van der Waals surface area contributed by atoms with Crippen LogP contribution in [0, 0.1) is 0 Å². The van der Waals surface area contributed by atoms with Gasteiger partial charge in [-0.1, -0.05) is 0 Å². The Morgan fingerprint density at radius 1 is 1.39 bits per heavy atom. The van der Waals surface area contributed by atoms with Crippen molar-refractivity contribution < 1.29 is 22.7 Å². The van der Waals surface area contributed by atoms with Crippen molar-refractivity contribution in [2.45, 2.75) is 25.2 Å². The van der Waals surface area contributed by atoms with Crippen molar-refractivity contribution in [3.05, 3.63) is 23.8 Å². The van der Waals surface area contributed by atoms with Crippen molar-refractivity contribution in [2.75, 3.05) is 5.32 Å². The Morgan fingerprint density at radius 3 is 2.67 bits per heavy atom. The summed E-state index contributed by atoms with van der Waals surface area (Å²) in [6, 6.07) is 1.98. The van der Waals surface area contributed by atoms with Gasteiger partial charge in [-0.25, -0.2) is 0 Å². The van der Waals surface area contributed by atoms with Crippen molar-refractivity contribution >= 4 is 11.6 Å². The number of benzene rings is 1. The first-order valence-electron chi connectivity index (χ1n) is 5.23. The van der Waals surface area contributed by atoms with Crippen LogP contribution in [0.15, 0.2) is 18.2 Å². The van der Waals surface area contributed by atoms with Crippen LogP contribution in [0.2, 0.25) is 0 Å². The molecule has 4 nitrogen and oxygen atoms in total. The molecule has 0 bridgehead atoms. The maximum absolute atomic E-state index is 12.5. The van der Waals surface area contributed by atoms with E-state index in [0.29, 0.717) is 0 Å². The van der Waals surface area contributed by atoms with Gasteiger partial charge in [0, 0.05) is 0 Å². The molecule has 0 unspecified atom stereocenters. The molecule has 1 aliphatic heterocycles. The van der Waals surface area contributed by atoms with Crippen LogP contribution in [0.3, 0.4) is 0 Å². The predicted molar refractivity (Wildman–Crippen MR) is 58.1 cm³/mol. The minimum atomic E-state index is -4.47. The number of anilines is 1. The fourth-order valence-electron chi connectivity index (χ4n) is 1.61. The number of alkyl halides is 3. The number of hydrogen-bond acceptors (Lipinski definition) is 3. The van der Waals surface area contributed by atoms with Gasteiger partial charge in [-0.15, -0.1) is 0 Å². The average Bonchev–Trinajstić information content (AvgIpc) is 2.37. The molecule has 1 aliphatic rings. The topological polar surface area (TPSA) is 64.3 Å². The van der Waals surface area contributed by atoms with E-state index in [4.69, 9.17) is 10.5 Å². The fraction of sp³-hybridized carbons (Fsp3) is 0.364. The van der Waals surface area contributed by atoms with E-state index in [0.717, 1.165) is 12.1 Å². The molecule has 18 heavy (non-hydrogen) atoms. The van der Waals surface area contributed by atoms with E-state index in [1.807, 2.05) is 0 Å². The van der Waals surface area contributed by atoms with E-state index >= 15 is 0 Å². The lowest BCUT2D eigenvalue weighted by atomic mass is 10.1. The quantitative estimate of drug-likeness (QED) is 0.747. The summed E-state index contributed by atoms with van der Waals surface area (Å²) in [6.45, 7) is 1.58. The Hall–Kier alpha value is -1.76. The number of nitrogens with two attached hydrogens (primary N) is 1. The number of rotatable bonds is 0. The third kappa shape index (κ3) is 2.26. The number of carbonyl (C=O) groups excluding carboxylic acids is 1. The molecule has 0 saturated carbocycles. The third-order valence-corrected chi connectivity index (χ3v) is 2.69. The summed E-state index contributed by atoms with van der Waals surface area (Å²) >= 11 is 0. The van der Waals surface area contributed by atoms with Crippen molar-refractivity contribution in [1.82, 2.24) is 0 Å². The molecule has 2 rings (SSSR count). The maximum Gasteiger partial charge on any atom is 0.416 e. The molecule has 2 atom stereocenters. The molecular weight excluding hydrogens is 249 g/mol. The standard InChI is InChI=1S/C11H11F3N2O2/c1-5-9(15)10(17)16-7-4-6(11(12,13)14)2-3-8(7)18-5/h2-5,9H,15H2,1H3,(H,16,17)/t5-,9-/m0/s1. The van der Waals surface area contributed by atoms with Gasteiger partial charge in [-0.3, -0.25) is 4.79 Å². The molecule has 1 aromatic rings. The first-order valence-corrected chi connectivity index (χ1v) is 5.23. The average molecular weight is 260 g/mol. The van der Waals surface area contributed by atoms with E-state index in [9.17, 15) is 18.0 Å². The Morgan fingerprint density at radius 2 is 2.06 bits per heavy atom. The SMILES string of the molecule is C[C@@H]1Oc2ccc(C(F)(F)F)cc2NC(=O)[C@H]1N. The summed E-state index contributed by atoms with van der Waals surface area (Å²) in [6.07, 6.45) is -5.08. The van der Waals surface area contributed by atoms with Crippen LogP contribution in [0.25, 0.3) is 0 Å². The highest BCUT2D eigenvalue weighted by Gasteiger charge is 2.33. The Labute approximate surface area is 101 Å². The van der Waals surface area contributed by atoms with E-state index < -0.39 is 29.8 Å². The highest BCUT2D eigenvalue weighted by molar-refractivity contribution is 5.97. The van der Waals surface area contributed by atoms with Gasteiger partial charge in [0.2, 0.25) is 5.91 Å². The van der Waals surface area contributed by atoms with Crippen LogP contribution in [0.1, 0.15) is 12.5 Å². The van der Waals surface area contributed by atoms with E-state index in [2.05, 4.69) is 5.32 Å². The molecule has 0 fully saturated rings. The Kier molecular flexibility index (Phi) is 2.94. The molecule has 0 aromatic heterocycles. The van der Waals surface area contributed by atoms with Crippen LogP contribution >= 0.6 is 0 Å². The maximum atomic E-state index is 12.5. The molecule has 1 aromatic carbocycles. The lowest BCUT2D eigenvalue weighted by molar-refractivity contribution is -0.137. The number of halogens is 3. The second-order valence-corrected chi connectivity index (χ2v) is 4.05. The Balaban J connectivity index is 2.43. The molecule has 0 aliphatic carbocycles. The zero-order valence-corrected chi connectivity index (χ0v) is 9.41. The van der Waals surface area contributed by atoms with Gasteiger partial charge >= 0.3 is 6.18 Å². The number of fused-ring (bicyclic) bond motifs is 1. The van der Waals surface area contributed by atoms with Crippen LogP contribution in [-0.4, -0.2) is 18.1 Å². The van der Waals surface area contributed by atoms with Crippen LogP contribution < -0.4 is 15.8 Å². The van der Waals surface area contributed by atoms with Crippen LogP contribution in [-0.2, 0) is 11.0 Å². The van der Waals surface area contributed by atoms with Gasteiger partial charge < -0.3 is 15.8 Å². The monoisotopic (exact) mass is 260 g/mol. The fourth-order valence-corrected chi connectivity index (χ4v) is 1.61. The highest BCUT2D eigenvalue weighted by atomic mass is 19.4. The number of amides is 1. The summed E-state index contributed by atoms with van der Waals surface area (Å²) in [7, 11) is 0. The van der Waals surface area contributed by atoms with Crippen LogP contribution in [0.4, 0.5) is 18.9 Å². The lowest BCUT2D eigenvalue weighted by Gasteiger charge is -2.16. The van der Waals surface area contributed by atoms with Gasteiger partial charge in [0.1, 0.15) is 17.9 Å². The lowest BCUT2D eigenvalue weighted by Crippen LogP contribution is -2.44. The van der Waals surface area contributed by atoms with E-state index in [1.54, 1.807) is 6.92 Å². The van der Waals surface area contributed by atoms with Crippen molar-refractivity contribution in [3.63, 3.8) is 0 Å². The van der Waals surface area contributed by atoms with Crippen molar-refractivity contribution in [2.24, 2.45) is 5.73 Å².